The summed E-state index contributed by atoms with van der Waals surface area (Å²) < 4.78 is 4.75. The second-order valence-corrected chi connectivity index (χ2v) is 4.20. The highest BCUT2D eigenvalue weighted by atomic mass is 16.5. The van der Waals surface area contributed by atoms with Gasteiger partial charge in [-0.2, -0.15) is 0 Å². The molecule has 0 aliphatic carbocycles. The van der Waals surface area contributed by atoms with Gasteiger partial charge in [-0.25, -0.2) is 4.79 Å². The third kappa shape index (κ3) is 3.35. The summed E-state index contributed by atoms with van der Waals surface area (Å²) >= 11 is 0. The van der Waals surface area contributed by atoms with Gasteiger partial charge in [0.05, 0.1) is 19.3 Å². The zero-order chi connectivity index (χ0) is 14.4. The van der Waals surface area contributed by atoms with E-state index in [2.05, 4.69) is 10.3 Å². The number of rotatable bonds is 6. The molecule has 0 bridgehead atoms. The number of esters is 1. The Morgan fingerprint density at radius 2 is 2.11 bits per heavy atom. The van der Waals surface area contributed by atoms with Crippen molar-refractivity contribution in [2.24, 2.45) is 0 Å². The van der Waals surface area contributed by atoms with Crippen LogP contribution >= 0.6 is 0 Å². The summed E-state index contributed by atoms with van der Waals surface area (Å²) in [6, 6.07) is 0. The molecule has 1 rings (SSSR count). The van der Waals surface area contributed by atoms with Crippen LogP contribution in [0.15, 0.2) is 0 Å². The van der Waals surface area contributed by atoms with Crippen LogP contribution in [0.4, 0.5) is 0 Å². The topological polar surface area (TPSA) is 91.4 Å². The van der Waals surface area contributed by atoms with E-state index in [0.717, 1.165) is 6.42 Å². The second kappa shape index (κ2) is 6.94. The summed E-state index contributed by atoms with van der Waals surface area (Å²) in [5, 5.41) is 11.3. The van der Waals surface area contributed by atoms with Crippen LogP contribution < -0.4 is 5.32 Å². The number of aryl methyl sites for hydroxylation is 1. The van der Waals surface area contributed by atoms with Crippen LogP contribution in [0.5, 0.6) is 0 Å². The zero-order valence-corrected chi connectivity index (χ0v) is 11.5. The quantitative estimate of drug-likeness (QED) is 0.665. The van der Waals surface area contributed by atoms with Crippen molar-refractivity contribution in [3.63, 3.8) is 0 Å². The van der Waals surface area contributed by atoms with Crippen molar-refractivity contribution in [3.05, 3.63) is 22.5 Å². The molecule has 1 heterocycles. The normalized spacial score (nSPS) is 10.3. The molecule has 0 fully saturated rings. The predicted molar refractivity (Wildman–Crippen MR) is 70.3 cm³/mol. The third-order valence-corrected chi connectivity index (χ3v) is 2.80. The fourth-order valence-electron chi connectivity index (χ4n) is 2.01. The largest absolute Gasteiger partial charge is 0.465 e. The molecule has 0 aliphatic rings. The molecule has 0 spiro atoms. The van der Waals surface area contributed by atoms with Crippen molar-refractivity contribution in [3.8, 4) is 0 Å². The summed E-state index contributed by atoms with van der Waals surface area (Å²) in [7, 11) is 1.32. The maximum Gasteiger partial charge on any atom is 0.339 e. The van der Waals surface area contributed by atoms with Crippen molar-refractivity contribution in [1.82, 2.24) is 10.3 Å². The maximum absolute atomic E-state index is 12.0. The zero-order valence-electron chi connectivity index (χ0n) is 11.5. The molecular weight excluding hydrogens is 248 g/mol. The van der Waals surface area contributed by atoms with Gasteiger partial charge in [-0.05, 0) is 18.9 Å². The fourth-order valence-corrected chi connectivity index (χ4v) is 2.01. The number of hydrogen-bond donors (Lipinski definition) is 3. The molecule has 0 saturated heterocycles. The number of amides is 1. The molecule has 6 heteroatoms. The Hall–Kier alpha value is -1.82. The van der Waals surface area contributed by atoms with Gasteiger partial charge in [0.15, 0.2) is 0 Å². The molecule has 106 valence electrons. The number of H-pyrrole nitrogens is 1. The molecule has 0 aromatic carbocycles. The van der Waals surface area contributed by atoms with Crippen LogP contribution in [0.3, 0.4) is 0 Å². The molecule has 1 aromatic rings. The summed E-state index contributed by atoms with van der Waals surface area (Å²) in [5.74, 6) is -0.769. The van der Waals surface area contributed by atoms with Crippen molar-refractivity contribution in [2.75, 3.05) is 20.3 Å². The molecule has 0 saturated carbocycles. The second-order valence-electron chi connectivity index (χ2n) is 4.20. The van der Waals surface area contributed by atoms with Crippen LogP contribution in [0.2, 0.25) is 0 Å². The van der Waals surface area contributed by atoms with Gasteiger partial charge in [-0.1, -0.05) is 13.3 Å². The summed E-state index contributed by atoms with van der Waals surface area (Å²) in [4.78, 5) is 26.7. The molecule has 0 radical (unpaired) electrons. The minimum atomic E-state index is -0.446. The number of hydrogen-bond acceptors (Lipinski definition) is 4. The Bertz CT molecular complexity index is 465. The van der Waals surface area contributed by atoms with Gasteiger partial charge in [0.1, 0.15) is 5.69 Å². The number of carbonyl (C=O) groups is 2. The summed E-state index contributed by atoms with van der Waals surface area (Å²) in [6.45, 7) is 3.75. The van der Waals surface area contributed by atoms with E-state index < -0.39 is 5.97 Å². The molecule has 0 aliphatic heterocycles. The standard InChI is InChI=1S/C13H20N2O4/c1-4-5-9-10(13(18)19-3)8(2)15-11(9)12(17)14-6-7-16/h15-16H,4-7H2,1-3H3,(H,14,17). The van der Waals surface area contributed by atoms with E-state index in [1.165, 1.54) is 7.11 Å². The smallest absolute Gasteiger partial charge is 0.339 e. The lowest BCUT2D eigenvalue weighted by molar-refractivity contribution is 0.0599. The lowest BCUT2D eigenvalue weighted by atomic mass is 10.0. The summed E-state index contributed by atoms with van der Waals surface area (Å²) in [6.07, 6.45) is 1.41. The Morgan fingerprint density at radius 3 is 2.63 bits per heavy atom. The number of aromatic amines is 1. The minimum absolute atomic E-state index is 0.127. The lowest BCUT2D eigenvalue weighted by Gasteiger charge is -2.06. The van der Waals surface area contributed by atoms with E-state index in [0.29, 0.717) is 28.9 Å². The first-order valence-corrected chi connectivity index (χ1v) is 6.25. The number of nitrogens with one attached hydrogen (secondary N) is 2. The number of methoxy groups -OCH3 is 1. The first kappa shape index (κ1) is 15.2. The number of carbonyl (C=O) groups excluding carboxylic acids is 2. The van der Waals surface area contributed by atoms with Gasteiger partial charge >= 0.3 is 5.97 Å². The molecule has 1 aromatic heterocycles. The van der Waals surface area contributed by atoms with Gasteiger partial charge in [0.25, 0.3) is 5.91 Å². The van der Waals surface area contributed by atoms with Crippen molar-refractivity contribution in [2.45, 2.75) is 26.7 Å². The average molecular weight is 268 g/mol. The van der Waals surface area contributed by atoms with E-state index in [-0.39, 0.29) is 19.1 Å². The van der Waals surface area contributed by atoms with Gasteiger partial charge < -0.3 is 20.1 Å². The lowest BCUT2D eigenvalue weighted by Crippen LogP contribution is -2.27. The Kier molecular flexibility index (Phi) is 5.57. The maximum atomic E-state index is 12.0. The van der Waals surface area contributed by atoms with E-state index >= 15 is 0 Å². The number of aromatic nitrogens is 1. The van der Waals surface area contributed by atoms with Crippen LogP contribution in [-0.2, 0) is 11.2 Å². The molecule has 6 nitrogen and oxygen atoms in total. The highest BCUT2D eigenvalue weighted by Gasteiger charge is 2.24. The van der Waals surface area contributed by atoms with Gasteiger partial charge in [-0.3, -0.25) is 4.79 Å². The number of ether oxygens (including phenoxy) is 1. The predicted octanol–water partition coefficient (Wildman–Crippen LogP) is 0.784. The monoisotopic (exact) mass is 268 g/mol. The van der Waals surface area contributed by atoms with Gasteiger partial charge in [-0.15, -0.1) is 0 Å². The SMILES string of the molecule is CCCc1c(C(=O)NCCO)[nH]c(C)c1C(=O)OC. The molecule has 0 unspecified atom stereocenters. The van der Waals surface area contributed by atoms with Crippen molar-refractivity contribution in [1.29, 1.82) is 0 Å². The van der Waals surface area contributed by atoms with Crippen LogP contribution in [-0.4, -0.2) is 42.2 Å². The van der Waals surface area contributed by atoms with Crippen LogP contribution in [0.1, 0.15) is 45.4 Å². The van der Waals surface area contributed by atoms with Crippen molar-refractivity contribution < 1.29 is 19.4 Å². The summed E-state index contributed by atoms with van der Waals surface area (Å²) in [5.41, 5.74) is 2.08. The average Bonchev–Trinajstić information content (AvgIpc) is 2.72. The fraction of sp³-hybridized carbons (Fsp3) is 0.538. The van der Waals surface area contributed by atoms with E-state index in [9.17, 15) is 9.59 Å². The molecular formula is C13H20N2O4. The first-order valence-electron chi connectivity index (χ1n) is 6.25. The first-order chi connectivity index (χ1) is 9.06. The van der Waals surface area contributed by atoms with E-state index in [4.69, 9.17) is 9.84 Å². The van der Waals surface area contributed by atoms with Crippen molar-refractivity contribution >= 4 is 11.9 Å². The Labute approximate surface area is 112 Å². The molecule has 3 N–H and O–H groups in total. The van der Waals surface area contributed by atoms with Crippen LogP contribution in [0.25, 0.3) is 0 Å². The molecule has 0 atom stereocenters. The molecule has 1 amide bonds. The highest BCUT2D eigenvalue weighted by Crippen LogP contribution is 2.21. The Morgan fingerprint density at radius 1 is 1.42 bits per heavy atom. The minimum Gasteiger partial charge on any atom is -0.465 e. The molecule has 19 heavy (non-hydrogen) atoms. The van der Waals surface area contributed by atoms with E-state index in [1.807, 2.05) is 6.92 Å². The number of aliphatic hydroxyl groups is 1. The van der Waals surface area contributed by atoms with Crippen LogP contribution in [0, 0.1) is 6.92 Å². The Balaban J connectivity index is 3.17. The van der Waals surface area contributed by atoms with E-state index in [1.54, 1.807) is 6.92 Å². The third-order valence-electron chi connectivity index (χ3n) is 2.80. The highest BCUT2D eigenvalue weighted by molar-refractivity contribution is 6.00. The number of aliphatic hydroxyl groups excluding tert-OH is 1. The van der Waals surface area contributed by atoms with Gasteiger partial charge in [0.2, 0.25) is 0 Å². The van der Waals surface area contributed by atoms with Gasteiger partial charge in [0, 0.05) is 12.2 Å².